The van der Waals surface area contributed by atoms with Crippen LogP contribution in [-0.4, -0.2) is 96.0 Å². The summed E-state index contributed by atoms with van der Waals surface area (Å²) in [5.41, 5.74) is 0.0159. The van der Waals surface area contributed by atoms with Crippen LogP contribution in [0.1, 0.15) is 25.0 Å². The zero-order chi connectivity index (χ0) is 28.3. The lowest BCUT2D eigenvalue weighted by molar-refractivity contribution is -0.0312. The molecule has 12 nitrogen and oxygen atoms in total. The third-order valence-corrected chi connectivity index (χ3v) is 10.6. The van der Waals surface area contributed by atoms with Crippen molar-refractivity contribution in [1.82, 2.24) is 19.3 Å². The Balaban J connectivity index is 1.25. The summed E-state index contributed by atoms with van der Waals surface area (Å²) in [6.07, 6.45) is 2.52. The van der Waals surface area contributed by atoms with Crippen LogP contribution in [0.4, 0.5) is 0 Å². The summed E-state index contributed by atoms with van der Waals surface area (Å²) in [7, 11) is -4.49. The average molecular weight is 585 g/mol. The van der Waals surface area contributed by atoms with Crippen LogP contribution in [-0.2, 0) is 24.8 Å². The van der Waals surface area contributed by atoms with Crippen LogP contribution in [0.25, 0.3) is 0 Å². The number of pyridine rings is 1. The molecule has 0 saturated carbocycles. The minimum Gasteiger partial charge on any atom is -0.495 e. The molecule has 0 bridgehead atoms. The maximum absolute atomic E-state index is 13.3. The predicted octanol–water partition coefficient (Wildman–Crippen LogP) is 0.648. The lowest BCUT2D eigenvalue weighted by atomic mass is 9.88. The van der Waals surface area contributed by atoms with Gasteiger partial charge in [0, 0.05) is 37.8 Å². The van der Waals surface area contributed by atoms with Crippen molar-refractivity contribution in [3.8, 4) is 11.5 Å². The molecule has 1 spiro atoms. The second kappa shape index (κ2) is 12.0. The van der Waals surface area contributed by atoms with E-state index in [0.29, 0.717) is 56.2 Å². The summed E-state index contributed by atoms with van der Waals surface area (Å²) in [5.74, 6) is 0.735. The van der Waals surface area contributed by atoms with Crippen LogP contribution in [0.15, 0.2) is 46.3 Å². The van der Waals surface area contributed by atoms with Crippen molar-refractivity contribution in [2.75, 3.05) is 47.0 Å². The van der Waals surface area contributed by atoms with Gasteiger partial charge in [-0.2, -0.15) is 4.31 Å². The predicted molar refractivity (Wildman–Crippen MR) is 143 cm³/mol. The highest BCUT2D eigenvalue weighted by atomic mass is 32.2. The first-order chi connectivity index (χ1) is 18.5. The standard InChI is InChI=1S/C25H36N4O8S2/c1-18-24(12-22(35-3)15-27-18)39(33,34)29-9-7-25(8-10-29)13-19(16-37-25)28-14-20(30)17-36-21-5-4-6-23(11-21)38(31,32)26-2/h4-6,11-12,15,19-20,26,28,30H,7-10,13-14,16-17H2,1-3H3/t19?,20-/m0/s1. The molecular formula is C25H36N4O8S2. The van der Waals surface area contributed by atoms with Crippen molar-refractivity contribution < 1.29 is 36.2 Å². The minimum atomic E-state index is -3.71. The second-order valence-corrected chi connectivity index (χ2v) is 13.6. The fourth-order valence-corrected chi connectivity index (χ4v) is 7.27. The highest BCUT2D eigenvalue weighted by Gasteiger charge is 2.45. The van der Waals surface area contributed by atoms with E-state index in [4.69, 9.17) is 14.2 Å². The molecule has 0 radical (unpaired) electrons. The molecule has 0 amide bonds. The van der Waals surface area contributed by atoms with Gasteiger partial charge in [0.05, 0.1) is 36.1 Å². The number of sulfonamides is 2. The number of hydrogen-bond acceptors (Lipinski definition) is 10. The molecule has 2 aliphatic rings. The Morgan fingerprint density at radius 3 is 2.64 bits per heavy atom. The molecule has 2 atom stereocenters. The first-order valence-corrected chi connectivity index (χ1v) is 15.6. The van der Waals surface area contributed by atoms with Gasteiger partial charge in [0.25, 0.3) is 0 Å². The lowest BCUT2D eigenvalue weighted by Crippen LogP contribution is -2.47. The molecule has 39 heavy (non-hydrogen) atoms. The second-order valence-electron chi connectivity index (χ2n) is 9.81. The Labute approximate surface area is 229 Å². The fourth-order valence-electron chi connectivity index (χ4n) is 4.87. The maximum atomic E-state index is 13.3. The van der Waals surface area contributed by atoms with E-state index in [9.17, 15) is 21.9 Å². The van der Waals surface area contributed by atoms with Gasteiger partial charge in [-0.15, -0.1) is 0 Å². The summed E-state index contributed by atoms with van der Waals surface area (Å²) in [4.78, 5) is 4.38. The van der Waals surface area contributed by atoms with Gasteiger partial charge in [-0.05, 0) is 45.4 Å². The molecule has 2 fully saturated rings. The number of aliphatic hydroxyl groups excluding tert-OH is 1. The van der Waals surface area contributed by atoms with Gasteiger partial charge in [-0.25, -0.2) is 21.6 Å². The molecule has 14 heteroatoms. The Bertz CT molecular complexity index is 1360. The molecule has 2 saturated heterocycles. The van der Waals surface area contributed by atoms with Gasteiger partial charge in [0.2, 0.25) is 20.0 Å². The number of benzene rings is 1. The van der Waals surface area contributed by atoms with Gasteiger partial charge in [0.1, 0.15) is 29.1 Å². The molecule has 1 unspecified atom stereocenters. The third kappa shape index (κ3) is 6.88. The maximum Gasteiger partial charge on any atom is 0.245 e. The van der Waals surface area contributed by atoms with Crippen LogP contribution in [0, 0.1) is 6.92 Å². The zero-order valence-electron chi connectivity index (χ0n) is 22.3. The molecule has 2 aromatic rings. The number of aryl methyl sites for hydroxylation is 1. The van der Waals surface area contributed by atoms with Crippen molar-refractivity contribution in [1.29, 1.82) is 0 Å². The number of nitrogens with zero attached hydrogens (tertiary/aromatic N) is 2. The number of rotatable bonds is 11. The SMILES string of the molecule is CNS(=O)(=O)c1cccc(OC[C@@H](O)CNC2COC3(CCN(S(=O)(=O)c4cc(OC)cnc4C)CC3)C2)c1. The average Bonchev–Trinajstić information content (AvgIpc) is 3.33. The van der Waals surface area contributed by atoms with E-state index in [1.807, 2.05) is 0 Å². The number of ether oxygens (including phenoxy) is 3. The van der Waals surface area contributed by atoms with E-state index in [0.717, 1.165) is 0 Å². The minimum absolute atomic E-state index is 0.0109. The van der Waals surface area contributed by atoms with E-state index >= 15 is 0 Å². The summed E-state index contributed by atoms with van der Waals surface area (Å²) in [6.45, 7) is 3.05. The summed E-state index contributed by atoms with van der Waals surface area (Å²) < 4.78 is 71.1. The molecule has 3 N–H and O–H groups in total. The fraction of sp³-hybridized carbons (Fsp3) is 0.560. The normalized spacial score (nSPS) is 20.7. The van der Waals surface area contributed by atoms with E-state index < -0.39 is 31.8 Å². The van der Waals surface area contributed by atoms with Crippen molar-refractivity contribution in [3.05, 3.63) is 42.2 Å². The van der Waals surface area contributed by atoms with Crippen LogP contribution in [0.3, 0.4) is 0 Å². The first-order valence-electron chi connectivity index (χ1n) is 12.7. The molecule has 0 aliphatic carbocycles. The topological polar surface area (TPSA) is 156 Å². The van der Waals surface area contributed by atoms with Gasteiger partial charge in [0.15, 0.2) is 0 Å². The quantitative estimate of drug-likeness (QED) is 0.343. The molecule has 1 aromatic heterocycles. The third-order valence-electron chi connectivity index (χ3n) is 7.18. The molecule has 3 heterocycles. The molecule has 216 valence electrons. The van der Waals surface area contributed by atoms with E-state index in [1.165, 1.54) is 42.9 Å². The molecule has 2 aliphatic heterocycles. The Hall–Kier alpha value is -2.33. The van der Waals surface area contributed by atoms with Crippen molar-refractivity contribution in [3.63, 3.8) is 0 Å². The highest BCUT2D eigenvalue weighted by Crippen LogP contribution is 2.37. The summed E-state index contributed by atoms with van der Waals surface area (Å²) in [5, 5.41) is 13.7. The summed E-state index contributed by atoms with van der Waals surface area (Å²) in [6, 6.07) is 7.58. The van der Waals surface area contributed by atoms with E-state index in [2.05, 4.69) is 15.0 Å². The first kappa shape index (κ1) is 29.6. The van der Waals surface area contributed by atoms with Crippen molar-refractivity contribution in [2.24, 2.45) is 0 Å². The smallest absolute Gasteiger partial charge is 0.245 e. The Morgan fingerprint density at radius 2 is 1.95 bits per heavy atom. The van der Waals surface area contributed by atoms with Crippen LogP contribution < -0.4 is 19.5 Å². The number of hydrogen-bond donors (Lipinski definition) is 3. The molecule has 4 rings (SSSR count). The number of nitrogens with one attached hydrogen (secondary N) is 2. The largest absolute Gasteiger partial charge is 0.495 e. The van der Waals surface area contributed by atoms with Gasteiger partial charge >= 0.3 is 0 Å². The zero-order valence-corrected chi connectivity index (χ0v) is 23.9. The van der Waals surface area contributed by atoms with E-state index in [-0.39, 0.29) is 29.0 Å². The number of aliphatic hydroxyl groups is 1. The number of methoxy groups -OCH3 is 1. The Morgan fingerprint density at radius 1 is 1.21 bits per heavy atom. The van der Waals surface area contributed by atoms with Crippen LogP contribution in [0.5, 0.6) is 11.5 Å². The van der Waals surface area contributed by atoms with E-state index in [1.54, 1.807) is 19.1 Å². The van der Waals surface area contributed by atoms with Crippen LogP contribution >= 0.6 is 0 Å². The lowest BCUT2D eigenvalue weighted by Gasteiger charge is -2.38. The van der Waals surface area contributed by atoms with Crippen molar-refractivity contribution in [2.45, 2.75) is 53.7 Å². The highest BCUT2D eigenvalue weighted by molar-refractivity contribution is 7.89. The van der Waals surface area contributed by atoms with Gasteiger partial charge < -0.3 is 24.6 Å². The number of piperidine rings is 1. The Kier molecular flexibility index (Phi) is 9.15. The van der Waals surface area contributed by atoms with Crippen LogP contribution in [0.2, 0.25) is 0 Å². The van der Waals surface area contributed by atoms with Crippen molar-refractivity contribution >= 4 is 20.0 Å². The van der Waals surface area contributed by atoms with Gasteiger partial charge in [-0.3, -0.25) is 4.98 Å². The monoisotopic (exact) mass is 584 g/mol. The molecule has 1 aromatic carbocycles. The summed E-state index contributed by atoms with van der Waals surface area (Å²) >= 11 is 0. The number of aromatic nitrogens is 1. The van der Waals surface area contributed by atoms with Gasteiger partial charge in [-0.1, -0.05) is 6.07 Å². The molecular weight excluding hydrogens is 548 g/mol.